The fourth-order valence-electron chi connectivity index (χ4n) is 1.23. The van der Waals surface area contributed by atoms with Gasteiger partial charge in [0.25, 0.3) is 5.91 Å². The highest BCUT2D eigenvalue weighted by molar-refractivity contribution is 5.77. The van der Waals surface area contributed by atoms with Gasteiger partial charge in [-0.1, -0.05) is 6.07 Å². The van der Waals surface area contributed by atoms with Gasteiger partial charge < -0.3 is 10.1 Å². The molecule has 0 spiro atoms. The minimum atomic E-state index is -0.456. The first kappa shape index (κ1) is 12.5. The molecule has 1 rings (SSSR count). The second-order valence-corrected chi connectivity index (χ2v) is 3.94. The molecular weight excluding hydrogens is 209 g/mol. The molecule has 1 N–H and O–H groups in total. The third-order valence-electron chi connectivity index (χ3n) is 1.90. The van der Waals surface area contributed by atoms with Crippen LogP contribution in [0.5, 0.6) is 5.75 Å². The number of hydrogen-bond acceptors (Lipinski definition) is 2. The van der Waals surface area contributed by atoms with Gasteiger partial charge in [-0.25, -0.2) is 4.39 Å². The second kappa shape index (κ2) is 5.49. The summed E-state index contributed by atoms with van der Waals surface area (Å²) in [5.41, 5.74) is 0.890. The van der Waals surface area contributed by atoms with Crippen molar-refractivity contribution in [3.8, 4) is 5.75 Å². The van der Waals surface area contributed by atoms with Gasteiger partial charge in [0.1, 0.15) is 0 Å². The zero-order valence-electron chi connectivity index (χ0n) is 9.71. The van der Waals surface area contributed by atoms with Crippen molar-refractivity contribution in [3.05, 3.63) is 29.6 Å². The Labute approximate surface area is 94.6 Å². The largest absolute Gasteiger partial charge is 0.481 e. The van der Waals surface area contributed by atoms with Crippen LogP contribution in [-0.4, -0.2) is 18.6 Å². The molecule has 0 unspecified atom stereocenters. The SMILES string of the molecule is Cc1ccc(F)c(OCC(=O)NC(C)C)c1. The number of ether oxygens (including phenoxy) is 1. The number of aryl methyl sites for hydroxylation is 1. The summed E-state index contributed by atoms with van der Waals surface area (Å²) in [5, 5.41) is 2.66. The summed E-state index contributed by atoms with van der Waals surface area (Å²) in [6.07, 6.45) is 0. The normalized spacial score (nSPS) is 10.3. The van der Waals surface area contributed by atoms with Crippen molar-refractivity contribution in [2.75, 3.05) is 6.61 Å². The summed E-state index contributed by atoms with van der Waals surface area (Å²) < 4.78 is 18.3. The summed E-state index contributed by atoms with van der Waals surface area (Å²) in [6, 6.07) is 4.60. The van der Waals surface area contributed by atoms with E-state index in [0.717, 1.165) is 5.56 Å². The van der Waals surface area contributed by atoms with Gasteiger partial charge in [0.2, 0.25) is 0 Å². The molecule has 0 bridgehead atoms. The van der Waals surface area contributed by atoms with E-state index in [1.165, 1.54) is 6.07 Å². The Morgan fingerprint density at radius 2 is 2.19 bits per heavy atom. The van der Waals surface area contributed by atoms with E-state index in [1.807, 2.05) is 20.8 Å². The Balaban J connectivity index is 2.54. The summed E-state index contributed by atoms with van der Waals surface area (Å²) >= 11 is 0. The molecule has 1 aromatic rings. The predicted molar refractivity (Wildman–Crippen MR) is 59.9 cm³/mol. The maximum Gasteiger partial charge on any atom is 0.258 e. The van der Waals surface area contributed by atoms with Crippen LogP contribution in [0.1, 0.15) is 19.4 Å². The molecule has 0 aliphatic carbocycles. The van der Waals surface area contributed by atoms with E-state index in [-0.39, 0.29) is 24.3 Å². The van der Waals surface area contributed by atoms with E-state index in [4.69, 9.17) is 4.74 Å². The number of amides is 1. The molecule has 3 nitrogen and oxygen atoms in total. The first-order chi connectivity index (χ1) is 7.49. The van der Waals surface area contributed by atoms with E-state index >= 15 is 0 Å². The van der Waals surface area contributed by atoms with Gasteiger partial charge in [0.15, 0.2) is 18.2 Å². The molecule has 0 atom stereocenters. The van der Waals surface area contributed by atoms with E-state index in [0.29, 0.717) is 0 Å². The van der Waals surface area contributed by atoms with Crippen molar-refractivity contribution in [1.82, 2.24) is 5.32 Å². The van der Waals surface area contributed by atoms with Crippen LogP contribution in [-0.2, 0) is 4.79 Å². The van der Waals surface area contributed by atoms with Crippen molar-refractivity contribution < 1.29 is 13.9 Å². The molecule has 4 heteroatoms. The maximum atomic E-state index is 13.2. The fourth-order valence-corrected chi connectivity index (χ4v) is 1.23. The van der Waals surface area contributed by atoms with Crippen LogP contribution in [0.25, 0.3) is 0 Å². The van der Waals surface area contributed by atoms with Gasteiger partial charge in [0.05, 0.1) is 0 Å². The monoisotopic (exact) mass is 225 g/mol. The smallest absolute Gasteiger partial charge is 0.258 e. The van der Waals surface area contributed by atoms with Gasteiger partial charge in [-0.2, -0.15) is 0 Å². The van der Waals surface area contributed by atoms with Crippen LogP contribution >= 0.6 is 0 Å². The van der Waals surface area contributed by atoms with Gasteiger partial charge in [-0.3, -0.25) is 4.79 Å². The molecule has 1 amide bonds. The average Bonchev–Trinajstić information content (AvgIpc) is 2.18. The molecule has 0 fully saturated rings. The predicted octanol–water partition coefficient (Wildman–Crippen LogP) is 2.04. The third kappa shape index (κ3) is 3.88. The molecule has 0 aromatic heterocycles. The van der Waals surface area contributed by atoms with Gasteiger partial charge in [0, 0.05) is 6.04 Å². The van der Waals surface area contributed by atoms with Crippen molar-refractivity contribution in [3.63, 3.8) is 0 Å². The lowest BCUT2D eigenvalue weighted by atomic mass is 10.2. The first-order valence-electron chi connectivity index (χ1n) is 5.17. The molecule has 0 aliphatic rings. The minimum absolute atomic E-state index is 0.0541. The van der Waals surface area contributed by atoms with E-state index in [1.54, 1.807) is 12.1 Å². The Morgan fingerprint density at radius 3 is 2.81 bits per heavy atom. The van der Waals surface area contributed by atoms with Crippen molar-refractivity contribution in [2.24, 2.45) is 0 Å². The Morgan fingerprint density at radius 1 is 1.50 bits per heavy atom. The lowest BCUT2D eigenvalue weighted by Gasteiger charge is -2.10. The van der Waals surface area contributed by atoms with Crippen LogP contribution in [0.2, 0.25) is 0 Å². The van der Waals surface area contributed by atoms with E-state index in [2.05, 4.69) is 5.32 Å². The molecule has 16 heavy (non-hydrogen) atoms. The number of benzene rings is 1. The molecular formula is C12H16FNO2. The van der Waals surface area contributed by atoms with Crippen LogP contribution < -0.4 is 10.1 Å². The van der Waals surface area contributed by atoms with Crippen molar-refractivity contribution in [2.45, 2.75) is 26.8 Å². The maximum absolute atomic E-state index is 13.2. The topological polar surface area (TPSA) is 38.3 Å². The minimum Gasteiger partial charge on any atom is -0.481 e. The summed E-state index contributed by atoms with van der Waals surface area (Å²) in [4.78, 5) is 11.3. The molecule has 88 valence electrons. The second-order valence-electron chi connectivity index (χ2n) is 3.94. The highest BCUT2D eigenvalue weighted by Crippen LogP contribution is 2.17. The molecule has 0 radical (unpaired) electrons. The van der Waals surface area contributed by atoms with Crippen LogP contribution in [0, 0.1) is 12.7 Å². The van der Waals surface area contributed by atoms with Crippen molar-refractivity contribution >= 4 is 5.91 Å². The van der Waals surface area contributed by atoms with E-state index in [9.17, 15) is 9.18 Å². The Bertz CT molecular complexity index is 377. The lowest BCUT2D eigenvalue weighted by molar-refractivity contribution is -0.123. The molecule has 1 aromatic carbocycles. The number of halogens is 1. The lowest BCUT2D eigenvalue weighted by Crippen LogP contribution is -2.34. The number of carbonyl (C=O) groups excluding carboxylic acids is 1. The summed E-state index contributed by atoms with van der Waals surface area (Å²) in [6.45, 7) is 5.37. The Hall–Kier alpha value is -1.58. The molecule has 0 saturated carbocycles. The highest BCUT2D eigenvalue weighted by atomic mass is 19.1. The zero-order valence-corrected chi connectivity index (χ0v) is 9.71. The molecule has 0 aliphatic heterocycles. The van der Waals surface area contributed by atoms with Crippen molar-refractivity contribution in [1.29, 1.82) is 0 Å². The number of nitrogens with one attached hydrogen (secondary N) is 1. The number of rotatable bonds is 4. The van der Waals surface area contributed by atoms with Gasteiger partial charge in [-0.05, 0) is 38.5 Å². The number of carbonyl (C=O) groups is 1. The quantitative estimate of drug-likeness (QED) is 0.851. The Kier molecular flexibility index (Phi) is 4.28. The van der Waals surface area contributed by atoms with Crippen LogP contribution in [0.4, 0.5) is 4.39 Å². The standard InChI is InChI=1S/C12H16FNO2/c1-8(2)14-12(15)7-16-11-6-9(3)4-5-10(11)13/h4-6,8H,7H2,1-3H3,(H,14,15). The average molecular weight is 225 g/mol. The van der Waals surface area contributed by atoms with Gasteiger partial charge in [-0.15, -0.1) is 0 Å². The molecule has 0 saturated heterocycles. The van der Waals surface area contributed by atoms with E-state index < -0.39 is 5.82 Å². The molecule has 0 heterocycles. The summed E-state index contributed by atoms with van der Waals surface area (Å²) in [5.74, 6) is -0.599. The van der Waals surface area contributed by atoms with Crippen LogP contribution in [0.15, 0.2) is 18.2 Å². The fraction of sp³-hybridized carbons (Fsp3) is 0.417. The first-order valence-corrected chi connectivity index (χ1v) is 5.17. The van der Waals surface area contributed by atoms with Crippen LogP contribution in [0.3, 0.4) is 0 Å². The van der Waals surface area contributed by atoms with Gasteiger partial charge >= 0.3 is 0 Å². The zero-order chi connectivity index (χ0) is 12.1. The number of hydrogen-bond donors (Lipinski definition) is 1. The highest BCUT2D eigenvalue weighted by Gasteiger charge is 2.07. The third-order valence-corrected chi connectivity index (χ3v) is 1.90. The summed E-state index contributed by atoms with van der Waals surface area (Å²) in [7, 11) is 0.